The first-order valence-corrected chi connectivity index (χ1v) is 11.4. The maximum Gasteiger partial charge on any atom is 0.373 e. The monoisotopic (exact) mass is 517 g/mol. The van der Waals surface area contributed by atoms with E-state index in [9.17, 15) is 0 Å². The lowest BCUT2D eigenvalue weighted by Gasteiger charge is -2.46. The summed E-state index contributed by atoms with van der Waals surface area (Å²) < 4.78 is 34.1. The molecule has 12 heteroatoms. The van der Waals surface area contributed by atoms with Gasteiger partial charge in [0.25, 0.3) is 3.79 Å². The maximum absolute atomic E-state index is 8.12. The molecule has 3 aliphatic rings. The number of hydrogen-bond acceptors (Lipinski definition) is 9. The van der Waals surface area contributed by atoms with Crippen molar-refractivity contribution in [1.82, 2.24) is 0 Å². The Bertz CT molecular complexity index is 697. The van der Waals surface area contributed by atoms with Crippen molar-refractivity contribution in [2.75, 3.05) is 6.61 Å². The van der Waals surface area contributed by atoms with Crippen LogP contribution in [0.4, 0.5) is 0 Å². The minimum Gasteiger partial charge on any atom is -0.448 e. The van der Waals surface area contributed by atoms with Crippen LogP contribution >= 0.6 is 34.8 Å². The Morgan fingerprint density at radius 1 is 1.03 bits per heavy atom. The molecule has 0 bridgehead atoms. The van der Waals surface area contributed by atoms with Crippen LogP contribution in [0.2, 0.25) is 0 Å². The molecule has 3 aliphatic heterocycles. The van der Waals surface area contributed by atoms with Gasteiger partial charge in [-0.25, -0.2) is 0 Å². The van der Waals surface area contributed by atoms with E-state index >= 15 is 0 Å². The number of halogens is 3. The number of hydrogen-bond donors (Lipinski definition) is 1. The molecule has 0 aliphatic carbocycles. The van der Waals surface area contributed by atoms with E-state index < -0.39 is 28.1 Å². The predicted molar refractivity (Wildman–Crippen MR) is 114 cm³/mol. The topological polar surface area (TPSA) is 113 Å². The molecule has 0 radical (unpaired) electrons. The van der Waals surface area contributed by atoms with Crippen LogP contribution in [0.5, 0.6) is 0 Å². The highest BCUT2D eigenvalue weighted by molar-refractivity contribution is 6.76. The van der Waals surface area contributed by atoms with Gasteiger partial charge in [0.2, 0.25) is 12.2 Å². The quantitative estimate of drug-likeness (QED) is 0.342. The minimum absolute atomic E-state index is 0.0449. The highest BCUT2D eigenvalue weighted by atomic mass is 35.6. The van der Waals surface area contributed by atoms with Gasteiger partial charge in [-0.2, -0.15) is 9.59 Å². The molecule has 3 saturated heterocycles. The van der Waals surface area contributed by atoms with Gasteiger partial charge in [0.15, 0.2) is 12.1 Å². The summed E-state index contributed by atoms with van der Waals surface area (Å²) in [5, 5.41) is 7.86. The molecule has 3 fully saturated rings. The second-order valence-electron chi connectivity index (χ2n) is 8.80. The van der Waals surface area contributed by atoms with Crippen LogP contribution < -0.4 is 0 Å². The summed E-state index contributed by atoms with van der Waals surface area (Å²) in [5.41, 5.74) is 0. The van der Waals surface area contributed by atoms with E-state index in [1.807, 2.05) is 34.6 Å². The normalized spacial score (nSPS) is 41.0. The summed E-state index contributed by atoms with van der Waals surface area (Å²) in [4.78, 5) is 16.2. The third-order valence-corrected chi connectivity index (χ3v) is 6.37. The molecule has 0 aromatic carbocycles. The minimum atomic E-state index is -1.96. The second kappa shape index (κ2) is 10.8. The van der Waals surface area contributed by atoms with Crippen molar-refractivity contribution in [3.63, 3.8) is 0 Å². The number of fused-ring (bicyclic) bond motifs is 1. The Kier molecular flexibility index (Phi) is 9.41. The zero-order valence-electron chi connectivity index (χ0n) is 18.8. The van der Waals surface area contributed by atoms with Gasteiger partial charge < -0.3 is 28.4 Å². The number of rotatable bonds is 3. The zero-order chi connectivity index (χ0) is 24.4. The Labute approximate surface area is 202 Å². The average molecular weight is 519 g/mol. The van der Waals surface area contributed by atoms with Crippen molar-refractivity contribution in [2.24, 2.45) is 17.8 Å². The fourth-order valence-electron chi connectivity index (χ4n) is 4.10. The molecule has 0 amide bonds. The van der Waals surface area contributed by atoms with Crippen LogP contribution in [-0.4, -0.2) is 65.2 Å². The Hall–Kier alpha value is -0.480. The second-order valence-corrected chi connectivity index (χ2v) is 11.1. The lowest BCUT2D eigenvalue weighted by Crippen LogP contribution is -2.56. The third-order valence-electron chi connectivity index (χ3n) is 5.85. The van der Waals surface area contributed by atoms with E-state index in [1.54, 1.807) is 0 Å². The van der Waals surface area contributed by atoms with Crippen LogP contribution in [0.3, 0.4) is 0 Å². The van der Waals surface area contributed by atoms with Crippen molar-refractivity contribution in [3.05, 3.63) is 0 Å². The first-order valence-electron chi connectivity index (χ1n) is 10.3. The van der Waals surface area contributed by atoms with Crippen molar-refractivity contribution in [3.8, 4) is 0 Å². The van der Waals surface area contributed by atoms with Gasteiger partial charge in [0.1, 0.15) is 6.10 Å². The zero-order valence-corrected chi connectivity index (χ0v) is 21.1. The van der Waals surface area contributed by atoms with Crippen molar-refractivity contribution >= 4 is 46.9 Å². The van der Waals surface area contributed by atoms with E-state index in [4.69, 9.17) is 78.2 Å². The lowest BCUT2D eigenvalue weighted by atomic mass is 9.86. The highest BCUT2D eigenvalue weighted by Gasteiger charge is 2.53. The van der Waals surface area contributed by atoms with Gasteiger partial charge in [-0.1, -0.05) is 55.6 Å². The molecular weight excluding hydrogens is 489 g/mol. The molecule has 9 nitrogen and oxygen atoms in total. The van der Waals surface area contributed by atoms with E-state index in [2.05, 4.69) is 6.92 Å². The Morgan fingerprint density at radius 3 is 2.16 bits per heavy atom. The van der Waals surface area contributed by atoms with Gasteiger partial charge in [-0.05, 0) is 20.8 Å². The van der Waals surface area contributed by atoms with Gasteiger partial charge >= 0.3 is 6.15 Å². The summed E-state index contributed by atoms with van der Waals surface area (Å²) in [6, 6.07) is 0. The van der Waals surface area contributed by atoms with Crippen LogP contribution in [0, 0.1) is 23.2 Å². The van der Waals surface area contributed by atoms with Crippen molar-refractivity contribution < 1.29 is 38.0 Å². The van der Waals surface area contributed by atoms with Gasteiger partial charge in [0, 0.05) is 17.8 Å². The van der Waals surface area contributed by atoms with Gasteiger partial charge in [-0.3, -0.25) is 5.41 Å². The van der Waals surface area contributed by atoms with Crippen molar-refractivity contribution in [1.29, 1.82) is 5.41 Å². The van der Waals surface area contributed by atoms with E-state index in [-0.39, 0.29) is 48.3 Å². The highest BCUT2D eigenvalue weighted by Crippen LogP contribution is 2.41. The van der Waals surface area contributed by atoms with Crippen LogP contribution in [0.25, 0.3) is 0 Å². The van der Waals surface area contributed by atoms with Gasteiger partial charge in [-0.15, -0.1) is 0 Å². The SMILES string of the molecule is CC1O[C@H](OC(=N)C(Cl)(Cl)Cl)[C@@H](C)C(O[C@H]2OC[C@@H](C)C3OC(C)(C)O[C@@H]32)[C@@H]1C.O=C=O. The summed E-state index contributed by atoms with van der Waals surface area (Å²) in [7, 11) is 0. The summed E-state index contributed by atoms with van der Waals surface area (Å²) in [6.45, 7) is 12.3. The fraction of sp³-hybridized carbons (Fsp3) is 0.900. The van der Waals surface area contributed by atoms with E-state index in [0.29, 0.717) is 6.61 Å². The summed E-state index contributed by atoms with van der Waals surface area (Å²) in [6.07, 6.45) is -2.02. The molecule has 0 aromatic heterocycles. The van der Waals surface area contributed by atoms with Crippen LogP contribution in [0.15, 0.2) is 0 Å². The Morgan fingerprint density at radius 2 is 1.59 bits per heavy atom. The summed E-state index contributed by atoms with van der Waals surface area (Å²) in [5.74, 6) is -1.18. The molecule has 184 valence electrons. The molecule has 32 heavy (non-hydrogen) atoms. The molecule has 9 atom stereocenters. The maximum atomic E-state index is 8.12. The smallest absolute Gasteiger partial charge is 0.373 e. The molecule has 3 rings (SSSR count). The van der Waals surface area contributed by atoms with Gasteiger partial charge in [0.05, 0.1) is 24.9 Å². The van der Waals surface area contributed by atoms with Crippen molar-refractivity contribution in [2.45, 2.75) is 88.1 Å². The average Bonchev–Trinajstić information content (AvgIpc) is 3.01. The molecule has 0 aromatic rings. The number of carbonyl (C=O) groups excluding carboxylic acids is 2. The number of nitrogens with one attached hydrogen (secondary N) is 1. The first kappa shape index (κ1) is 27.8. The molecule has 3 unspecified atom stereocenters. The predicted octanol–water partition coefficient (Wildman–Crippen LogP) is 3.68. The van der Waals surface area contributed by atoms with E-state index in [0.717, 1.165) is 0 Å². The third kappa shape index (κ3) is 6.56. The van der Waals surface area contributed by atoms with E-state index in [1.165, 1.54) is 0 Å². The molecule has 0 spiro atoms. The van der Waals surface area contributed by atoms with Crippen LogP contribution in [-0.2, 0) is 38.0 Å². The number of alkyl halides is 3. The molecule has 0 saturated carbocycles. The standard InChI is InChI=1S/C19H30Cl3NO6.CO2/c1-8-7-24-16(14-12(8)28-18(5,6)29-14)26-13-9(2)11(4)25-15(10(13)3)27-17(23)19(20,21)22;2-1-3/h8-16,23H,7H2,1-6H3;/t8-,9-,10+,11?,12?,13?,14+,15-,16-;/m1./s1. The molecule has 3 heterocycles. The lowest BCUT2D eigenvalue weighted by molar-refractivity contribution is -0.305. The first-order chi connectivity index (χ1) is 14.7. The molecule has 1 N–H and O–H groups in total. The fourth-order valence-corrected chi connectivity index (χ4v) is 4.24. The largest absolute Gasteiger partial charge is 0.448 e. The van der Waals surface area contributed by atoms with Crippen LogP contribution in [0.1, 0.15) is 41.5 Å². The summed E-state index contributed by atoms with van der Waals surface area (Å²) >= 11 is 17.3. The molecular formula is C20H30Cl3NO8. The number of ether oxygens (including phenoxy) is 6. The Balaban J connectivity index is 0.00000114.